The van der Waals surface area contributed by atoms with Gasteiger partial charge in [0.15, 0.2) is 0 Å². The fraction of sp³-hybridized carbons (Fsp3) is 0.364. The number of nitrogens with zero attached hydrogens (tertiary/aromatic N) is 1. The van der Waals surface area contributed by atoms with E-state index in [0.29, 0.717) is 17.9 Å². The minimum absolute atomic E-state index is 0.111. The molecule has 1 aliphatic carbocycles. The van der Waals surface area contributed by atoms with E-state index in [-0.39, 0.29) is 17.9 Å². The minimum atomic E-state index is -0.875. The summed E-state index contributed by atoms with van der Waals surface area (Å²) in [7, 11) is 0. The highest BCUT2D eigenvalue weighted by Gasteiger charge is 2.50. The standard InChI is InChI=1S/C11H11ClN2O4/c12-7-1-2-9(14(17)18)8(5-7)13-6-11(3-4-11)10(15)16/h1-2,5,13H,3-4,6H2,(H,15,16). The zero-order chi connectivity index (χ0) is 13.3. The molecule has 6 nitrogen and oxygen atoms in total. The molecule has 0 amide bonds. The van der Waals surface area contributed by atoms with Crippen LogP contribution in [-0.2, 0) is 4.79 Å². The SMILES string of the molecule is O=C(O)C1(CNc2cc(Cl)ccc2[N+](=O)[O-])CC1. The van der Waals surface area contributed by atoms with Crippen molar-refractivity contribution in [1.29, 1.82) is 0 Å². The number of carboxylic acids is 1. The van der Waals surface area contributed by atoms with Crippen molar-refractivity contribution in [2.24, 2.45) is 5.41 Å². The van der Waals surface area contributed by atoms with E-state index in [1.165, 1.54) is 18.2 Å². The average Bonchev–Trinajstić information content (AvgIpc) is 3.07. The van der Waals surface area contributed by atoms with Crippen LogP contribution >= 0.6 is 11.6 Å². The Kier molecular flexibility index (Phi) is 3.13. The lowest BCUT2D eigenvalue weighted by Crippen LogP contribution is -2.24. The van der Waals surface area contributed by atoms with Gasteiger partial charge in [-0.2, -0.15) is 0 Å². The van der Waals surface area contributed by atoms with Gasteiger partial charge >= 0.3 is 5.97 Å². The van der Waals surface area contributed by atoms with Crippen LogP contribution in [-0.4, -0.2) is 22.5 Å². The molecule has 0 heterocycles. The Bertz CT molecular complexity index is 514. The first kappa shape index (κ1) is 12.6. The summed E-state index contributed by atoms with van der Waals surface area (Å²) >= 11 is 5.77. The number of nitro benzene ring substituents is 1. The fourth-order valence-corrected chi connectivity index (χ4v) is 1.86. The highest BCUT2D eigenvalue weighted by Crippen LogP contribution is 2.46. The van der Waals surface area contributed by atoms with Crippen molar-refractivity contribution in [3.8, 4) is 0 Å². The molecule has 0 saturated heterocycles. The molecule has 0 atom stereocenters. The number of carboxylic acid groups (broad SMARTS) is 1. The Balaban J connectivity index is 2.16. The van der Waals surface area contributed by atoms with E-state index < -0.39 is 16.3 Å². The Morgan fingerprint density at radius 3 is 2.72 bits per heavy atom. The normalized spacial score (nSPS) is 16.1. The zero-order valence-corrected chi connectivity index (χ0v) is 10.1. The molecule has 96 valence electrons. The highest BCUT2D eigenvalue weighted by atomic mass is 35.5. The van der Waals surface area contributed by atoms with E-state index >= 15 is 0 Å². The molecule has 0 bridgehead atoms. The smallest absolute Gasteiger partial charge is 0.311 e. The van der Waals surface area contributed by atoms with Crippen LogP contribution in [0.25, 0.3) is 0 Å². The molecule has 1 aliphatic rings. The van der Waals surface area contributed by atoms with Crippen molar-refractivity contribution < 1.29 is 14.8 Å². The number of aliphatic carboxylic acids is 1. The van der Waals surface area contributed by atoms with Gasteiger partial charge in [0.25, 0.3) is 5.69 Å². The third-order valence-electron chi connectivity index (χ3n) is 3.08. The molecule has 1 fully saturated rings. The van der Waals surface area contributed by atoms with Crippen LogP contribution in [0.1, 0.15) is 12.8 Å². The predicted octanol–water partition coefficient (Wildman–Crippen LogP) is 2.52. The van der Waals surface area contributed by atoms with Crippen LogP contribution in [0, 0.1) is 15.5 Å². The van der Waals surface area contributed by atoms with Crippen LogP contribution in [0.2, 0.25) is 5.02 Å². The number of carbonyl (C=O) groups is 1. The first-order valence-corrected chi connectivity index (χ1v) is 5.74. The molecule has 0 aliphatic heterocycles. The van der Waals surface area contributed by atoms with Crippen molar-refractivity contribution in [3.63, 3.8) is 0 Å². The average molecular weight is 271 g/mol. The van der Waals surface area contributed by atoms with Crippen molar-refractivity contribution in [2.75, 3.05) is 11.9 Å². The number of halogens is 1. The maximum absolute atomic E-state index is 11.0. The second-order valence-corrected chi connectivity index (χ2v) is 4.79. The van der Waals surface area contributed by atoms with E-state index in [4.69, 9.17) is 16.7 Å². The maximum Gasteiger partial charge on any atom is 0.311 e. The molecule has 0 radical (unpaired) electrons. The molecule has 0 aromatic heterocycles. The summed E-state index contributed by atoms with van der Waals surface area (Å²) in [6.45, 7) is 0.170. The van der Waals surface area contributed by atoms with Gasteiger partial charge < -0.3 is 10.4 Å². The lowest BCUT2D eigenvalue weighted by molar-refractivity contribution is -0.384. The van der Waals surface area contributed by atoms with E-state index in [0.717, 1.165) is 0 Å². The van der Waals surface area contributed by atoms with Gasteiger partial charge in [0.05, 0.1) is 10.3 Å². The Morgan fingerprint density at radius 1 is 1.56 bits per heavy atom. The number of rotatable bonds is 5. The first-order valence-electron chi connectivity index (χ1n) is 5.36. The lowest BCUT2D eigenvalue weighted by Gasteiger charge is -2.12. The lowest BCUT2D eigenvalue weighted by atomic mass is 10.1. The molecule has 0 unspecified atom stereocenters. The zero-order valence-electron chi connectivity index (χ0n) is 9.35. The number of hydrogen-bond donors (Lipinski definition) is 2. The molecular formula is C11H11ClN2O4. The maximum atomic E-state index is 11.0. The van der Waals surface area contributed by atoms with Crippen LogP contribution < -0.4 is 5.32 Å². The van der Waals surface area contributed by atoms with Gasteiger partial charge in [-0.25, -0.2) is 0 Å². The number of nitrogens with one attached hydrogen (secondary N) is 1. The number of nitro groups is 1. The van der Waals surface area contributed by atoms with E-state index in [9.17, 15) is 14.9 Å². The Labute approximate surface area is 108 Å². The van der Waals surface area contributed by atoms with Crippen LogP contribution in [0.4, 0.5) is 11.4 Å². The van der Waals surface area contributed by atoms with Gasteiger partial charge in [-0.15, -0.1) is 0 Å². The molecule has 2 N–H and O–H groups in total. The van der Waals surface area contributed by atoms with Gasteiger partial charge in [-0.3, -0.25) is 14.9 Å². The number of anilines is 1. The largest absolute Gasteiger partial charge is 0.481 e. The Hall–Kier alpha value is -1.82. The monoisotopic (exact) mass is 270 g/mol. The quantitative estimate of drug-likeness (QED) is 0.633. The topological polar surface area (TPSA) is 92.5 Å². The van der Waals surface area contributed by atoms with Gasteiger partial charge in [-0.1, -0.05) is 11.6 Å². The van der Waals surface area contributed by atoms with Crippen molar-refractivity contribution in [2.45, 2.75) is 12.8 Å². The fourth-order valence-electron chi connectivity index (χ4n) is 1.69. The number of hydrogen-bond acceptors (Lipinski definition) is 4. The molecule has 0 spiro atoms. The van der Waals surface area contributed by atoms with E-state index in [1.54, 1.807) is 0 Å². The van der Waals surface area contributed by atoms with Crippen LogP contribution in [0.15, 0.2) is 18.2 Å². The molecule has 2 rings (SSSR count). The molecule has 1 aromatic rings. The van der Waals surface area contributed by atoms with Crippen molar-refractivity contribution in [1.82, 2.24) is 0 Å². The summed E-state index contributed by atoms with van der Waals surface area (Å²) in [4.78, 5) is 21.3. The van der Waals surface area contributed by atoms with Gasteiger partial charge in [-0.05, 0) is 25.0 Å². The second kappa shape index (κ2) is 4.45. The third kappa shape index (κ3) is 2.38. The summed E-state index contributed by atoms with van der Waals surface area (Å²) < 4.78 is 0. The van der Waals surface area contributed by atoms with E-state index in [1.807, 2.05) is 0 Å². The summed E-state index contributed by atoms with van der Waals surface area (Å²) in [5.41, 5.74) is -0.642. The third-order valence-corrected chi connectivity index (χ3v) is 3.31. The summed E-state index contributed by atoms with van der Waals surface area (Å²) in [6, 6.07) is 4.15. The molecule has 1 aromatic carbocycles. The van der Waals surface area contributed by atoms with Gasteiger partial charge in [0.2, 0.25) is 0 Å². The van der Waals surface area contributed by atoms with Gasteiger partial charge in [0.1, 0.15) is 5.69 Å². The molecule has 18 heavy (non-hydrogen) atoms. The predicted molar refractivity (Wildman–Crippen MR) is 65.9 cm³/mol. The van der Waals surface area contributed by atoms with Gasteiger partial charge in [0, 0.05) is 17.6 Å². The first-order chi connectivity index (χ1) is 8.44. The highest BCUT2D eigenvalue weighted by molar-refractivity contribution is 6.31. The summed E-state index contributed by atoms with van der Waals surface area (Å²) in [5.74, 6) is -0.875. The molecule has 7 heteroatoms. The summed E-state index contributed by atoms with van der Waals surface area (Å²) in [5, 5.41) is 23.0. The minimum Gasteiger partial charge on any atom is -0.481 e. The number of benzene rings is 1. The summed E-state index contributed by atoms with van der Waals surface area (Å²) in [6.07, 6.45) is 1.17. The van der Waals surface area contributed by atoms with Crippen LogP contribution in [0.3, 0.4) is 0 Å². The van der Waals surface area contributed by atoms with E-state index in [2.05, 4.69) is 5.32 Å². The molecular weight excluding hydrogens is 260 g/mol. The van der Waals surface area contributed by atoms with Crippen molar-refractivity contribution >= 4 is 28.9 Å². The van der Waals surface area contributed by atoms with Crippen LogP contribution in [0.5, 0.6) is 0 Å². The van der Waals surface area contributed by atoms with Crippen molar-refractivity contribution in [3.05, 3.63) is 33.3 Å². The molecule has 1 saturated carbocycles. The Morgan fingerprint density at radius 2 is 2.22 bits per heavy atom. The second-order valence-electron chi connectivity index (χ2n) is 4.36.